The van der Waals surface area contributed by atoms with E-state index in [1.54, 1.807) is 0 Å². The Hall–Kier alpha value is -2.46. The molecule has 4 nitrogen and oxygen atoms in total. The highest BCUT2D eigenvalue weighted by atomic mass is 16.4. The summed E-state index contributed by atoms with van der Waals surface area (Å²) in [6.45, 7) is 6.48. The van der Waals surface area contributed by atoms with Crippen LogP contribution in [0.25, 0.3) is 5.57 Å². The second-order valence-electron chi connectivity index (χ2n) is 8.30. The van der Waals surface area contributed by atoms with Gasteiger partial charge in [0.1, 0.15) is 0 Å². The molecule has 0 unspecified atom stereocenters. The van der Waals surface area contributed by atoms with Gasteiger partial charge in [-0.3, -0.25) is 9.41 Å². The first-order valence-electron chi connectivity index (χ1n) is 11.1. The molecule has 0 amide bonds. The Morgan fingerprint density at radius 1 is 1.03 bits per heavy atom. The minimum atomic E-state index is 0.787. The van der Waals surface area contributed by atoms with Crippen LogP contribution in [0.15, 0.2) is 65.5 Å². The molecule has 0 aromatic carbocycles. The van der Waals surface area contributed by atoms with Crippen molar-refractivity contribution in [1.82, 2.24) is 14.8 Å². The van der Waals surface area contributed by atoms with Crippen LogP contribution in [0.1, 0.15) is 37.8 Å². The molecule has 0 spiro atoms. The fraction of sp³-hybridized carbons (Fsp3) is 0.440. The van der Waals surface area contributed by atoms with Crippen LogP contribution in [-0.4, -0.2) is 59.9 Å². The van der Waals surface area contributed by atoms with E-state index in [4.69, 9.17) is 4.42 Å². The molecule has 1 fully saturated rings. The second kappa shape index (κ2) is 8.50. The molecule has 4 heteroatoms. The van der Waals surface area contributed by atoms with E-state index >= 15 is 0 Å². The van der Waals surface area contributed by atoms with Crippen molar-refractivity contribution < 1.29 is 4.42 Å². The maximum absolute atomic E-state index is 6.16. The SMILES string of the molecule is C1=CC2=C(c3ccccn3)CN3CCC=C3C2=CC1=[O+]CCCN1CCCCC1. The highest BCUT2D eigenvalue weighted by Gasteiger charge is 2.32. The first-order chi connectivity index (χ1) is 14.4. The van der Waals surface area contributed by atoms with Gasteiger partial charge in [-0.1, -0.05) is 18.6 Å². The lowest BCUT2D eigenvalue weighted by atomic mass is 9.87. The van der Waals surface area contributed by atoms with Crippen molar-refractivity contribution in [1.29, 1.82) is 0 Å². The summed E-state index contributed by atoms with van der Waals surface area (Å²) >= 11 is 0. The summed E-state index contributed by atoms with van der Waals surface area (Å²) in [5.41, 5.74) is 6.35. The molecular weight excluding hydrogens is 358 g/mol. The molecule has 1 aromatic rings. The summed E-state index contributed by atoms with van der Waals surface area (Å²) in [4.78, 5) is 9.68. The Morgan fingerprint density at radius 2 is 1.97 bits per heavy atom. The minimum absolute atomic E-state index is 0.787. The second-order valence-corrected chi connectivity index (χ2v) is 8.30. The predicted octanol–water partition coefficient (Wildman–Crippen LogP) is 3.92. The van der Waals surface area contributed by atoms with Crippen LogP contribution in [0.5, 0.6) is 0 Å². The number of fused-ring (bicyclic) bond motifs is 3. The van der Waals surface area contributed by atoms with Gasteiger partial charge in [-0.05, 0) is 56.1 Å². The molecule has 150 valence electrons. The molecule has 1 saturated heterocycles. The monoisotopic (exact) mass is 388 g/mol. The fourth-order valence-electron chi connectivity index (χ4n) is 4.84. The summed E-state index contributed by atoms with van der Waals surface area (Å²) < 4.78 is 6.16. The maximum atomic E-state index is 6.16. The van der Waals surface area contributed by atoms with Crippen LogP contribution in [0.3, 0.4) is 0 Å². The number of ketones is 1. The molecule has 29 heavy (non-hydrogen) atoms. The molecule has 0 bridgehead atoms. The van der Waals surface area contributed by atoms with Crippen LogP contribution in [0.4, 0.5) is 0 Å². The van der Waals surface area contributed by atoms with Crippen LogP contribution in [0.2, 0.25) is 0 Å². The van der Waals surface area contributed by atoms with Crippen molar-refractivity contribution in [2.75, 3.05) is 39.3 Å². The Labute approximate surface area is 173 Å². The molecule has 3 aliphatic heterocycles. The number of rotatable bonds is 5. The third-order valence-electron chi connectivity index (χ3n) is 6.33. The largest absolute Gasteiger partial charge is 0.367 e. The average Bonchev–Trinajstić information content (AvgIpc) is 3.26. The van der Waals surface area contributed by atoms with Crippen molar-refractivity contribution in [3.8, 4) is 0 Å². The molecule has 0 atom stereocenters. The molecule has 0 N–H and O–H groups in total. The van der Waals surface area contributed by atoms with Gasteiger partial charge < -0.3 is 9.80 Å². The van der Waals surface area contributed by atoms with Crippen molar-refractivity contribution in [3.05, 3.63) is 71.2 Å². The molecule has 1 aliphatic carbocycles. The van der Waals surface area contributed by atoms with E-state index in [0.717, 1.165) is 50.6 Å². The van der Waals surface area contributed by atoms with Gasteiger partial charge in [0.15, 0.2) is 0 Å². The highest BCUT2D eigenvalue weighted by Crippen LogP contribution is 2.40. The summed E-state index contributed by atoms with van der Waals surface area (Å²) in [6, 6.07) is 6.18. The lowest BCUT2D eigenvalue weighted by Crippen LogP contribution is -2.31. The predicted molar refractivity (Wildman–Crippen MR) is 117 cm³/mol. The van der Waals surface area contributed by atoms with Crippen LogP contribution < -0.4 is 0 Å². The summed E-state index contributed by atoms with van der Waals surface area (Å²) in [7, 11) is 0. The summed E-state index contributed by atoms with van der Waals surface area (Å²) in [5.74, 6) is 0.984. The van der Waals surface area contributed by atoms with Crippen LogP contribution in [-0.2, 0) is 4.42 Å². The van der Waals surface area contributed by atoms with E-state index in [1.165, 1.54) is 54.8 Å². The smallest absolute Gasteiger partial charge is 0.344 e. The van der Waals surface area contributed by atoms with Gasteiger partial charge in [0.25, 0.3) is 6.61 Å². The molecule has 0 radical (unpaired) electrons. The van der Waals surface area contributed by atoms with Crippen molar-refractivity contribution >= 4 is 11.4 Å². The number of aromatic nitrogens is 1. The standard InChI is InChI=1S/C25H30N3O/c1-4-13-27(14-5-1)15-7-17-29-20-10-11-21-22(18-20)25-9-6-16-28(25)19-23(21)24-8-2-3-12-26-24/h2-3,8-12,18H,1,4-7,13-17,19H2/q+1. The van der Waals surface area contributed by atoms with E-state index in [2.05, 4.69) is 51.2 Å². The number of carbonyl (C=O) groups excluding carboxylic acids is 1. The lowest BCUT2D eigenvalue weighted by Gasteiger charge is -2.33. The van der Waals surface area contributed by atoms with E-state index < -0.39 is 0 Å². The number of hydrogen-bond donors (Lipinski definition) is 0. The fourth-order valence-corrected chi connectivity index (χ4v) is 4.84. The lowest BCUT2D eigenvalue weighted by molar-refractivity contribution is -0.456. The highest BCUT2D eigenvalue weighted by molar-refractivity contribution is 6.05. The van der Waals surface area contributed by atoms with Gasteiger partial charge in [-0.15, -0.1) is 0 Å². The van der Waals surface area contributed by atoms with Gasteiger partial charge in [0.2, 0.25) is 0 Å². The molecule has 0 saturated carbocycles. The molecular formula is C25H30N3O+. The normalized spacial score (nSPS) is 23.2. The number of nitrogens with zero attached hydrogens (tertiary/aromatic N) is 3. The third-order valence-corrected chi connectivity index (χ3v) is 6.33. The topological polar surface area (TPSA) is 30.7 Å². The minimum Gasteiger partial charge on any atom is -0.367 e. The molecule has 1 aromatic heterocycles. The molecule has 4 aliphatic rings. The van der Waals surface area contributed by atoms with Gasteiger partial charge in [-0.2, -0.15) is 0 Å². The van der Waals surface area contributed by atoms with Crippen LogP contribution in [0, 0.1) is 0 Å². The Balaban J connectivity index is 1.34. The van der Waals surface area contributed by atoms with Gasteiger partial charge in [0, 0.05) is 55.2 Å². The third kappa shape index (κ3) is 3.99. The van der Waals surface area contributed by atoms with E-state index in [9.17, 15) is 0 Å². The molecule has 4 heterocycles. The zero-order valence-electron chi connectivity index (χ0n) is 17.1. The van der Waals surface area contributed by atoms with Crippen LogP contribution >= 0.6 is 0 Å². The van der Waals surface area contributed by atoms with E-state index in [-0.39, 0.29) is 0 Å². The number of hydrogen-bond acceptors (Lipinski definition) is 3. The maximum Gasteiger partial charge on any atom is 0.344 e. The summed E-state index contributed by atoms with van der Waals surface area (Å²) in [5, 5.41) is 0. The van der Waals surface area contributed by atoms with E-state index in [1.807, 2.05) is 12.3 Å². The number of pyridine rings is 1. The average molecular weight is 389 g/mol. The quantitative estimate of drug-likeness (QED) is 0.566. The Kier molecular flexibility index (Phi) is 5.44. The summed E-state index contributed by atoms with van der Waals surface area (Å²) in [6.07, 6.45) is 17.2. The zero-order chi connectivity index (χ0) is 19.5. The van der Waals surface area contributed by atoms with Gasteiger partial charge in [-0.25, -0.2) is 0 Å². The van der Waals surface area contributed by atoms with Crippen molar-refractivity contribution in [2.45, 2.75) is 32.1 Å². The molecule has 5 rings (SSSR count). The Morgan fingerprint density at radius 3 is 2.83 bits per heavy atom. The van der Waals surface area contributed by atoms with E-state index in [0.29, 0.717) is 0 Å². The van der Waals surface area contributed by atoms with Crippen molar-refractivity contribution in [2.24, 2.45) is 0 Å². The van der Waals surface area contributed by atoms with Crippen molar-refractivity contribution in [3.63, 3.8) is 0 Å². The zero-order valence-corrected chi connectivity index (χ0v) is 17.1. The first-order valence-corrected chi connectivity index (χ1v) is 11.1. The first kappa shape index (κ1) is 18.6. The number of piperidine rings is 1. The Bertz CT molecular complexity index is 901. The van der Waals surface area contributed by atoms with Gasteiger partial charge in [0.05, 0.1) is 11.8 Å². The number of likely N-dealkylation sites (tertiary alicyclic amines) is 1. The number of allylic oxidation sites excluding steroid dienone is 4. The van der Waals surface area contributed by atoms with Gasteiger partial charge >= 0.3 is 5.78 Å².